The topological polar surface area (TPSA) is 48.3 Å². The SMILES string of the molecule is c1ccc(-c2ccc3c(c2)c2cc4c5ccccc5n(-c5nc(-c6ccccc6)nc6c5oc5ccccc56)c4c4c5ccccc5n3c24)cc1. The summed E-state index contributed by atoms with van der Waals surface area (Å²) in [7, 11) is 0. The predicted molar refractivity (Wildman–Crippen MR) is 209 cm³/mol. The third-order valence-electron chi connectivity index (χ3n) is 10.6. The Morgan fingerprint density at radius 3 is 1.90 bits per heavy atom. The Labute approximate surface area is 290 Å². The first-order valence-corrected chi connectivity index (χ1v) is 17.3. The van der Waals surface area contributed by atoms with Crippen LogP contribution >= 0.6 is 0 Å². The van der Waals surface area contributed by atoms with Crippen LogP contribution in [0.2, 0.25) is 0 Å². The van der Waals surface area contributed by atoms with E-state index in [1.54, 1.807) is 0 Å². The Hall–Kier alpha value is -6.98. The van der Waals surface area contributed by atoms with Gasteiger partial charge in [-0.3, -0.25) is 4.57 Å². The summed E-state index contributed by atoms with van der Waals surface area (Å²) in [5, 5.41) is 8.22. The molecular formula is C46H26N4O. The minimum absolute atomic E-state index is 0.663. The van der Waals surface area contributed by atoms with E-state index in [4.69, 9.17) is 14.4 Å². The van der Waals surface area contributed by atoms with Gasteiger partial charge in [-0.05, 0) is 53.6 Å². The molecular weight excluding hydrogens is 625 g/mol. The zero-order valence-electron chi connectivity index (χ0n) is 27.2. The first kappa shape index (κ1) is 26.9. The molecule has 51 heavy (non-hydrogen) atoms. The van der Waals surface area contributed by atoms with E-state index in [9.17, 15) is 0 Å². The van der Waals surface area contributed by atoms with Gasteiger partial charge < -0.3 is 8.82 Å². The second-order valence-corrected chi connectivity index (χ2v) is 13.4. The first-order valence-electron chi connectivity index (χ1n) is 17.3. The molecule has 0 amide bonds. The maximum Gasteiger partial charge on any atom is 0.197 e. The summed E-state index contributed by atoms with van der Waals surface area (Å²) in [4.78, 5) is 10.5. The average molecular weight is 651 g/mol. The van der Waals surface area contributed by atoms with Gasteiger partial charge in [0, 0.05) is 43.3 Å². The van der Waals surface area contributed by atoms with Gasteiger partial charge in [-0.1, -0.05) is 115 Å². The number of para-hydroxylation sites is 3. The van der Waals surface area contributed by atoms with Crippen LogP contribution in [0, 0.1) is 0 Å². The number of rotatable bonds is 3. The predicted octanol–water partition coefficient (Wildman–Crippen LogP) is 12.0. The van der Waals surface area contributed by atoms with E-state index >= 15 is 0 Å². The lowest BCUT2D eigenvalue weighted by molar-refractivity contribution is 0.662. The Bertz CT molecular complexity index is 3350. The van der Waals surface area contributed by atoms with Crippen LogP contribution in [0.25, 0.3) is 110 Å². The molecule has 236 valence electrons. The highest BCUT2D eigenvalue weighted by Gasteiger charge is 2.27. The Kier molecular flexibility index (Phi) is 5.17. The van der Waals surface area contributed by atoms with Gasteiger partial charge >= 0.3 is 0 Å². The molecule has 0 aliphatic heterocycles. The number of furan rings is 1. The summed E-state index contributed by atoms with van der Waals surface area (Å²) < 4.78 is 11.5. The molecule has 0 N–H and O–H groups in total. The lowest BCUT2D eigenvalue weighted by Gasteiger charge is -2.11. The smallest absolute Gasteiger partial charge is 0.197 e. The summed E-state index contributed by atoms with van der Waals surface area (Å²) >= 11 is 0. The summed E-state index contributed by atoms with van der Waals surface area (Å²) in [5.74, 6) is 1.39. The molecule has 5 heteroatoms. The highest BCUT2D eigenvalue weighted by Crippen LogP contribution is 2.47. The Morgan fingerprint density at radius 1 is 0.431 bits per heavy atom. The van der Waals surface area contributed by atoms with Crippen molar-refractivity contribution in [2.24, 2.45) is 0 Å². The van der Waals surface area contributed by atoms with Gasteiger partial charge in [-0.2, -0.15) is 0 Å². The fourth-order valence-electron chi connectivity index (χ4n) is 8.48. The maximum atomic E-state index is 6.69. The van der Waals surface area contributed by atoms with E-state index in [-0.39, 0.29) is 0 Å². The molecule has 7 aromatic carbocycles. The van der Waals surface area contributed by atoms with Gasteiger partial charge in [0.05, 0.1) is 27.6 Å². The molecule has 5 aromatic heterocycles. The number of hydrogen-bond donors (Lipinski definition) is 0. The van der Waals surface area contributed by atoms with Gasteiger partial charge in [0.15, 0.2) is 17.2 Å². The highest BCUT2D eigenvalue weighted by atomic mass is 16.3. The Morgan fingerprint density at radius 2 is 1.08 bits per heavy atom. The molecule has 0 bridgehead atoms. The molecule has 0 saturated carbocycles. The quantitative estimate of drug-likeness (QED) is 0.191. The van der Waals surface area contributed by atoms with E-state index in [2.05, 4.69) is 130 Å². The van der Waals surface area contributed by atoms with Crippen molar-refractivity contribution < 1.29 is 4.42 Å². The second kappa shape index (κ2) is 9.80. The maximum absolute atomic E-state index is 6.69. The minimum Gasteiger partial charge on any atom is -0.450 e. The van der Waals surface area contributed by atoms with Gasteiger partial charge in [-0.25, -0.2) is 9.97 Å². The fourth-order valence-corrected chi connectivity index (χ4v) is 8.48. The Balaban J connectivity index is 1.30. The average Bonchev–Trinajstić information content (AvgIpc) is 3.93. The van der Waals surface area contributed by atoms with Gasteiger partial charge in [0.2, 0.25) is 0 Å². The molecule has 0 atom stereocenters. The molecule has 0 aliphatic rings. The van der Waals surface area contributed by atoms with Crippen molar-refractivity contribution in [1.82, 2.24) is 18.9 Å². The number of fused-ring (bicyclic) bond motifs is 13. The van der Waals surface area contributed by atoms with Crippen molar-refractivity contribution in [3.05, 3.63) is 158 Å². The van der Waals surface area contributed by atoms with Crippen LogP contribution in [0.3, 0.4) is 0 Å². The van der Waals surface area contributed by atoms with Crippen LogP contribution < -0.4 is 0 Å². The van der Waals surface area contributed by atoms with Crippen molar-refractivity contribution in [3.8, 4) is 28.3 Å². The first-order chi connectivity index (χ1) is 25.3. The number of aromatic nitrogens is 4. The highest BCUT2D eigenvalue weighted by molar-refractivity contribution is 6.34. The standard InChI is InChI=1S/C46H26N4O/c1-3-13-27(14-4-1)29-23-24-38-33(25-29)35-26-34-30-17-7-10-20-36(30)50(43(34)40-31-18-8-11-21-37(31)49(38)42(35)40)46-44-41(32-19-9-12-22-39(32)51-44)47-45(48-46)28-15-5-2-6-16-28/h1-26H. The monoisotopic (exact) mass is 650 g/mol. The largest absolute Gasteiger partial charge is 0.450 e. The van der Waals surface area contributed by atoms with Crippen LogP contribution in [0.1, 0.15) is 0 Å². The molecule has 0 fully saturated rings. The summed E-state index contributed by atoms with van der Waals surface area (Å²) in [5.41, 5.74) is 11.4. The van der Waals surface area contributed by atoms with Crippen molar-refractivity contribution in [3.63, 3.8) is 0 Å². The molecule has 0 spiro atoms. The molecule has 0 aliphatic carbocycles. The zero-order valence-corrected chi connectivity index (χ0v) is 27.2. The minimum atomic E-state index is 0.663. The molecule has 12 aromatic rings. The van der Waals surface area contributed by atoms with Crippen LogP contribution in [0.4, 0.5) is 0 Å². The normalized spacial score (nSPS) is 12.3. The van der Waals surface area contributed by atoms with Crippen LogP contribution in [0.5, 0.6) is 0 Å². The summed E-state index contributed by atoms with van der Waals surface area (Å²) in [6.07, 6.45) is 0. The van der Waals surface area contributed by atoms with E-state index in [0.29, 0.717) is 11.4 Å². The van der Waals surface area contributed by atoms with Crippen LogP contribution in [-0.2, 0) is 0 Å². The van der Waals surface area contributed by atoms with Gasteiger partial charge in [0.25, 0.3) is 0 Å². The van der Waals surface area contributed by atoms with Crippen molar-refractivity contribution >= 4 is 82.0 Å². The third-order valence-corrected chi connectivity index (χ3v) is 10.6. The molecule has 12 rings (SSSR count). The molecule has 0 unspecified atom stereocenters. The summed E-state index contributed by atoms with van der Waals surface area (Å²) in [6, 6.07) is 55.8. The third kappa shape index (κ3) is 3.54. The summed E-state index contributed by atoms with van der Waals surface area (Å²) in [6.45, 7) is 0. The van der Waals surface area contributed by atoms with E-state index in [1.165, 1.54) is 60.0 Å². The van der Waals surface area contributed by atoms with Crippen molar-refractivity contribution in [2.45, 2.75) is 0 Å². The molecule has 0 saturated heterocycles. The van der Waals surface area contributed by atoms with Crippen LogP contribution in [0.15, 0.2) is 162 Å². The van der Waals surface area contributed by atoms with Gasteiger partial charge in [-0.15, -0.1) is 0 Å². The van der Waals surface area contributed by atoms with E-state index in [1.807, 2.05) is 36.4 Å². The van der Waals surface area contributed by atoms with E-state index in [0.717, 1.165) is 38.9 Å². The number of benzene rings is 7. The lowest BCUT2D eigenvalue weighted by Crippen LogP contribution is -2.02. The molecule has 5 heterocycles. The van der Waals surface area contributed by atoms with Crippen LogP contribution in [-0.4, -0.2) is 18.9 Å². The van der Waals surface area contributed by atoms with Crippen molar-refractivity contribution in [2.75, 3.05) is 0 Å². The zero-order chi connectivity index (χ0) is 33.2. The number of nitrogens with zero attached hydrogens (tertiary/aromatic N) is 4. The molecule has 5 nitrogen and oxygen atoms in total. The van der Waals surface area contributed by atoms with E-state index < -0.39 is 0 Å². The van der Waals surface area contributed by atoms with Crippen molar-refractivity contribution in [1.29, 1.82) is 0 Å². The number of hydrogen-bond acceptors (Lipinski definition) is 3. The van der Waals surface area contributed by atoms with Gasteiger partial charge in [0.1, 0.15) is 11.1 Å². The molecule has 0 radical (unpaired) electrons. The second-order valence-electron chi connectivity index (χ2n) is 13.4. The fraction of sp³-hybridized carbons (Fsp3) is 0. The lowest BCUT2D eigenvalue weighted by atomic mass is 10.00.